The number of phosphoric ester groups is 1. The second kappa shape index (κ2) is 39.2. The average Bonchev–Trinajstić information content (AvgIpc) is 3.13. The molecule has 0 aromatic carbocycles. The minimum absolute atomic E-state index is 0.0574. The van der Waals surface area contributed by atoms with Crippen molar-refractivity contribution in [1.82, 2.24) is 5.32 Å². The first-order valence-electron chi connectivity index (χ1n) is 22.0. The minimum atomic E-state index is -4.38. The first-order chi connectivity index (χ1) is 25.8. The highest BCUT2D eigenvalue weighted by Crippen LogP contribution is 2.43. The van der Waals surface area contributed by atoms with E-state index in [0.717, 1.165) is 57.8 Å². The Morgan fingerprint density at radius 3 is 1.55 bits per heavy atom. The van der Waals surface area contributed by atoms with Gasteiger partial charge in [-0.1, -0.05) is 186 Å². The predicted octanol–water partition coefficient (Wildman–Crippen LogP) is 11.1. The summed E-state index contributed by atoms with van der Waals surface area (Å²) in [4.78, 5) is 22.8. The molecule has 6 N–H and O–H groups in total. The molecule has 10 heteroatoms. The Balaban J connectivity index is 4.28. The highest BCUT2D eigenvalue weighted by molar-refractivity contribution is 7.47. The summed E-state index contributed by atoms with van der Waals surface area (Å²) in [5.41, 5.74) is 5.37. The Labute approximate surface area is 326 Å². The Hall–Kier alpha value is -1.06. The number of rotatable bonds is 41. The summed E-state index contributed by atoms with van der Waals surface area (Å²) in [7, 11) is -4.38. The summed E-state index contributed by atoms with van der Waals surface area (Å²) in [6, 6.07) is -0.901. The van der Waals surface area contributed by atoms with Crippen LogP contribution < -0.4 is 11.1 Å². The van der Waals surface area contributed by atoms with E-state index in [1.54, 1.807) is 0 Å². The molecular weight excluding hydrogens is 687 g/mol. The molecule has 4 atom stereocenters. The fourth-order valence-corrected chi connectivity index (χ4v) is 7.28. The van der Waals surface area contributed by atoms with Gasteiger partial charge in [0.1, 0.15) is 0 Å². The molecule has 0 radical (unpaired) electrons. The second-order valence-corrected chi connectivity index (χ2v) is 16.6. The van der Waals surface area contributed by atoms with Crippen LogP contribution in [0.25, 0.3) is 0 Å². The van der Waals surface area contributed by atoms with E-state index in [1.807, 2.05) is 0 Å². The smallest absolute Gasteiger partial charge is 0.393 e. The van der Waals surface area contributed by atoms with Crippen LogP contribution in [0.4, 0.5) is 0 Å². The van der Waals surface area contributed by atoms with Crippen LogP contribution in [0.2, 0.25) is 0 Å². The number of nitrogens with two attached hydrogens (primary N) is 1. The Morgan fingerprint density at radius 1 is 0.642 bits per heavy atom. The maximum absolute atomic E-state index is 12.8. The van der Waals surface area contributed by atoms with Crippen molar-refractivity contribution in [2.24, 2.45) is 5.73 Å². The lowest BCUT2D eigenvalue weighted by molar-refractivity contribution is -0.125. The van der Waals surface area contributed by atoms with E-state index in [2.05, 4.69) is 43.5 Å². The summed E-state index contributed by atoms with van der Waals surface area (Å²) in [6.45, 7) is 4.01. The molecule has 0 spiro atoms. The number of hydrogen-bond acceptors (Lipinski definition) is 7. The number of carbonyl (C=O) groups excluding carboxylic acids is 1. The van der Waals surface area contributed by atoms with Crippen LogP contribution in [0.1, 0.15) is 206 Å². The third-order valence-corrected chi connectivity index (χ3v) is 10.9. The van der Waals surface area contributed by atoms with Crippen molar-refractivity contribution >= 4 is 13.7 Å². The molecule has 0 saturated heterocycles. The van der Waals surface area contributed by atoms with Crippen molar-refractivity contribution < 1.29 is 33.5 Å². The minimum Gasteiger partial charge on any atom is -0.393 e. The van der Waals surface area contributed by atoms with Crippen LogP contribution in [-0.4, -0.2) is 59.0 Å². The molecule has 0 heterocycles. The zero-order valence-electron chi connectivity index (χ0n) is 34.4. The molecule has 1 amide bonds. The maximum atomic E-state index is 12.8. The Kier molecular flexibility index (Phi) is 38.4. The molecule has 4 unspecified atom stereocenters. The van der Waals surface area contributed by atoms with Gasteiger partial charge < -0.3 is 26.2 Å². The summed E-state index contributed by atoms with van der Waals surface area (Å²) in [6.07, 6.45) is 40.7. The highest BCUT2D eigenvalue weighted by Gasteiger charge is 2.28. The SMILES string of the molecule is CCCCC/C=C\C=C/CCCCCCC(O)CC(=O)NC(COP(=O)(O)OCCN)C(O)CCCCCCCCCCCCCCCCCCCC. The van der Waals surface area contributed by atoms with E-state index >= 15 is 0 Å². The van der Waals surface area contributed by atoms with E-state index < -0.39 is 32.0 Å². The lowest BCUT2D eigenvalue weighted by Gasteiger charge is -2.25. The second-order valence-electron chi connectivity index (χ2n) is 15.1. The van der Waals surface area contributed by atoms with Crippen LogP contribution in [-0.2, 0) is 18.4 Å². The predicted molar refractivity (Wildman–Crippen MR) is 223 cm³/mol. The van der Waals surface area contributed by atoms with Crippen LogP contribution >= 0.6 is 7.82 Å². The van der Waals surface area contributed by atoms with E-state index in [1.165, 1.54) is 116 Å². The first kappa shape index (κ1) is 51.9. The number of aliphatic hydroxyl groups is 2. The average molecular weight is 773 g/mol. The number of amides is 1. The summed E-state index contributed by atoms with van der Waals surface area (Å²) in [5, 5.41) is 24.2. The van der Waals surface area contributed by atoms with Crippen LogP contribution in [0, 0.1) is 0 Å². The highest BCUT2D eigenvalue weighted by atomic mass is 31.2. The lowest BCUT2D eigenvalue weighted by atomic mass is 10.0. The number of phosphoric acid groups is 1. The van der Waals surface area contributed by atoms with Crippen molar-refractivity contribution in [1.29, 1.82) is 0 Å². The Morgan fingerprint density at radius 2 is 1.06 bits per heavy atom. The zero-order valence-corrected chi connectivity index (χ0v) is 35.3. The van der Waals surface area contributed by atoms with E-state index in [-0.39, 0.29) is 26.2 Å². The van der Waals surface area contributed by atoms with Gasteiger partial charge in [0.25, 0.3) is 0 Å². The number of carbonyl (C=O) groups is 1. The third-order valence-electron chi connectivity index (χ3n) is 9.89. The van der Waals surface area contributed by atoms with Gasteiger partial charge in [0.2, 0.25) is 5.91 Å². The molecule has 0 aliphatic carbocycles. The summed E-state index contributed by atoms with van der Waals surface area (Å²) < 4.78 is 22.1. The molecule has 0 aromatic heterocycles. The topological polar surface area (TPSA) is 151 Å². The maximum Gasteiger partial charge on any atom is 0.472 e. The summed E-state index contributed by atoms with van der Waals surface area (Å²) >= 11 is 0. The molecule has 0 aliphatic rings. The van der Waals surface area contributed by atoms with Crippen molar-refractivity contribution in [3.63, 3.8) is 0 Å². The number of aliphatic hydroxyl groups excluding tert-OH is 2. The molecule has 0 aromatic rings. The molecule has 0 saturated carbocycles. The fraction of sp³-hybridized carbons (Fsp3) is 0.884. The van der Waals surface area contributed by atoms with Crippen LogP contribution in [0.3, 0.4) is 0 Å². The molecule has 0 rings (SSSR count). The van der Waals surface area contributed by atoms with Gasteiger partial charge in [-0.3, -0.25) is 13.8 Å². The lowest BCUT2D eigenvalue weighted by Crippen LogP contribution is -2.47. The van der Waals surface area contributed by atoms with Crippen molar-refractivity contribution in [3.8, 4) is 0 Å². The van der Waals surface area contributed by atoms with E-state index in [4.69, 9.17) is 14.8 Å². The quantitative estimate of drug-likeness (QED) is 0.0234. The molecular formula is C43H85N2O7P. The number of allylic oxidation sites excluding steroid dienone is 4. The van der Waals surface area contributed by atoms with E-state index in [0.29, 0.717) is 12.8 Å². The van der Waals surface area contributed by atoms with Crippen molar-refractivity contribution in [2.75, 3.05) is 19.8 Å². The monoisotopic (exact) mass is 773 g/mol. The van der Waals surface area contributed by atoms with Crippen molar-refractivity contribution in [2.45, 2.75) is 225 Å². The zero-order chi connectivity index (χ0) is 39.1. The van der Waals surface area contributed by atoms with Crippen LogP contribution in [0.15, 0.2) is 24.3 Å². The van der Waals surface area contributed by atoms with Gasteiger partial charge in [0.05, 0.1) is 37.9 Å². The molecule has 0 bridgehead atoms. The molecule has 0 fully saturated rings. The van der Waals surface area contributed by atoms with Crippen molar-refractivity contribution in [3.05, 3.63) is 24.3 Å². The third kappa shape index (κ3) is 37.6. The standard InChI is InChI=1S/C43H85N2O7P/c1-3-5-7-9-11-13-15-17-18-19-20-21-23-25-27-29-31-33-35-42(47)41(39-52-53(49,50)51-37-36-44)45-43(48)38-40(46)34-32-30-28-26-24-22-16-14-12-10-8-6-4-2/h12,14,16,22,40-42,46-47H,3-11,13,15,17-21,23-39,44H2,1-2H3,(H,45,48)(H,49,50)/b14-12-,22-16-. The van der Waals surface area contributed by atoms with Gasteiger partial charge in [-0.05, 0) is 38.5 Å². The largest absolute Gasteiger partial charge is 0.472 e. The van der Waals surface area contributed by atoms with Gasteiger partial charge in [-0.15, -0.1) is 0 Å². The van der Waals surface area contributed by atoms with Gasteiger partial charge in [0.15, 0.2) is 0 Å². The molecule has 314 valence electrons. The van der Waals surface area contributed by atoms with Gasteiger partial charge in [-0.25, -0.2) is 4.57 Å². The summed E-state index contributed by atoms with van der Waals surface area (Å²) in [5.74, 6) is -0.425. The fourth-order valence-electron chi connectivity index (χ4n) is 6.52. The molecule has 0 aliphatic heterocycles. The number of hydrogen-bond donors (Lipinski definition) is 5. The molecule has 53 heavy (non-hydrogen) atoms. The first-order valence-corrected chi connectivity index (χ1v) is 23.5. The Bertz CT molecular complexity index is 904. The molecule has 9 nitrogen and oxygen atoms in total. The number of unbranched alkanes of at least 4 members (excludes halogenated alkanes) is 24. The number of nitrogens with one attached hydrogen (secondary N) is 1. The normalized spacial score (nSPS) is 14.9. The van der Waals surface area contributed by atoms with Gasteiger partial charge in [0, 0.05) is 6.54 Å². The van der Waals surface area contributed by atoms with Gasteiger partial charge in [-0.2, -0.15) is 0 Å². The van der Waals surface area contributed by atoms with Gasteiger partial charge >= 0.3 is 7.82 Å². The van der Waals surface area contributed by atoms with E-state index in [9.17, 15) is 24.5 Å². The van der Waals surface area contributed by atoms with Crippen LogP contribution in [0.5, 0.6) is 0 Å².